The minimum Gasteiger partial charge on any atom is -0.383 e. The van der Waals surface area contributed by atoms with E-state index in [4.69, 9.17) is 16.3 Å². The van der Waals surface area contributed by atoms with Crippen LogP contribution in [0, 0.1) is 0 Å². The highest BCUT2D eigenvalue weighted by atomic mass is 35.5. The molecule has 0 aliphatic heterocycles. The molecule has 1 aromatic carbocycles. The lowest BCUT2D eigenvalue weighted by Gasteiger charge is -2.10. The highest BCUT2D eigenvalue weighted by Crippen LogP contribution is 2.31. The summed E-state index contributed by atoms with van der Waals surface area (Å²) in [7, 11) is 1.69. The molecule has 0 amide bonds. The van der Waals surface area contributed by atoms with Crippen LogP contribution >= 0.6 is 22.9 Å². The van der Waals surface area contributed by atoms with Crippen LogP contribution in [0.4, 0.5) is 5.13 Å². The zero-order valence-electron chi connectivity index (χ0n) is 9.16. The first-order chi connectivity index (χ1) is 7.70. The third-order valence-corrected chi connectivity index (χ3v) is 3.62. The van der Waals surface area contributed by atoms with E-state index >= 15 is 0 Å². The fourth-order valence-corrected chi connectivity index (χ4v) is 2.75. The molecule has 2 aromatic rings. The first kappa shape index (κ1) is 11.6. The van der Waals surface area contributed by atoms with Crippen molar-refractivity contribution in [1.29, 1.82) is 0 Å². The summed E-state index contributed by atoms with van der Waals surface area (Å²) in [5, 5.41) is 4.92. The summed E-state index contributed by atoms with van der Waals surface area (Å²) in [5.74, 6) is 0. The van der Waals surface area contributed by atoms with Gasteiger partial charge < -0.3 is 10.1 Å². The Balaban J connectivity index is 2.23. The molecule has 0 aliphatic rings. The van der Waals surface area contributed by atoms with Crippen molar-refractivity contribution in [3.8, 4) is 0 Å². The third-order valence-electron chi connectivity index (χ3n) is 2.15. The quantitative estimate of drug-likeness (QED) is 0.911. The third kappa shape index (κ3) is 2.45. The number of anilines is 1. The van der Waals surface area contributed by atoms with Gasteiger partial charge in [0.05, 0.1) is 21.8 Å². The average Bonchev–Trinajstić information content (AvgIpc) is 2.62. The number of nitrogens with one attached hydrogen (secondary N) is 1. The van der Waals surface area contributed by atoms with Crippen molar-refractivity contribution in [3.05, 3.63) is 23.2 Å². The van der Waals surface area contributed by atoms with E-state index in [0.29, 0.717) is 6.61 Å². The lowest BCUT2D eigenvalue weighted by atomic mass is 10.3. The minimum atomic E-state index is 0.240. The van der Waals surface area contributed by atoms with Gasteiger partial charge >= 0.3 is 0 Å². The van der Waals surface area contributed by atoms with Crippen molar-refractivity contribution in [3.63, 3.8) is 0 Å². The molecule has 5 heteroatoms. The Labute approximate surface area is 103 Å². The van der Waals surface area contributed by atoms with Gasteiger partial charge in [0.25, 0.3) is 0 Å². The van der Waals surface area contributed by atoms with E-state index in [1.807, 2.05) is 18.2 Å². The van der Waals surface area contributed by atoms with Crippen LogP contribution in [0.25, 0.3) is 10.2 Å². The molecule has 0 spiro atoms. The second kappa shape index (κ2) is 4.99. The normalized spacial score (nSPS) is 12.9. The van der Waals surface area contributed by atoms with Crippen molar-refractivity contribution in [1.82, 2.24) is 4.98 Å². The first-order valence-corrected chi connectivity index (χ1v) is 6.20. The average molecular weight is 257 g/mol. The van der Waals surface area contributed by atoms with Gasteiger partial charge in [-0.05, 0) is 19.1 Å². The summed E-state index contributed by atoms with van der Waals surface area (Å²) in [6, 6.07) is 5.99. The summed E-state index contributed by atoms with van der Waals surface area (Å²) in [5.41, 5.74) is 0.935. The van der Waals surface area contributed by atoms with Crippen LogP contribution in [0.3, 0.4) is 0 Å². The fourth-order valence-electron chi connectivity index (χ4n) is 1.48. The smallest absolute Gasteiger partial charge is 0.184 e. The van der Waals surface area contributed by atoms with E-state index in [9.17, 15) is 0 Å². The molecule has 1 unspecified atom stereocenters. The lowest BCUT2D eigenvalue weighted by Crippen LogP contribution is -2.20. The highest BCUT2D eigenvalue weighted by Gasteiger charge is 2.08. The summed E-state index contributed by atoms with van der Waals surface area (Å²) in [4.78, 5) is 4.46. The molecule has 0 aliphatic carbocycles. The van der Waals surface area contributed by atoms with Gasteiger partial charge in [-0.3, -0.25) is 0 Å². The number of benzene rings is 1. The first-order valence-electron chi connectivity index (χ1n) is 5.01. The second-order valence-electron chi connectivity index (χ2n) is 3.61. The number of thiazole rings is 1. The van der Waals surface area contributed by atoms with E-state index in [-0.39, 0.29) is 6.04 Å². The maximum atomic E-state index is 6.09. The molecule has 3 nitrogen and oxygen atoms in total. The van der Waals surface area contributed by atoms with Gasteiger partial charge in [0.15, 0.2) is 5.13 Å². The molecule has 0 saturated heterocycles. The van der Waals surface area contributed by atoms with Crippen LogP contribution in [0.2, 0.25) is 5.02 Å². The zero-order chi connectivity index (χ0) is 11.5. The molecule has 2 rings (SSSR count). The van der Waals surface area contributed by atoms with Crippen LogP contribution in [-0.4, -0.2) is 24.7 Å². The molecule has 0 radical (unpaired) electrons. The number of hydrogen-bond acceptors (Lipinski definition) is 4. The Morgan fingerprint density at radius 2 is 2.38 bits per heavy atom. The van der Waals surface area contributed by atoms with Crippen molar-refractivity contribution in [2.75, 3.05) is 19.0 Å². The van der Waals surface area contributed by atoms with Gasteiger partial charge in [0.2, 0.25) is 0 Å². The Kier molecular flexibility index (Phi) is 3.63. The number of fused-ring (bicyclic) bond motifs is 1. The minimum absolute atomic E-state index is 0.240. The number of hydrogen-bond donors (Lipinski definition) is 1. The zero-order valence-corrected chi connectivity index (χ0v) is 10.7. The van der Waals surface area contributed by atoms with Gasteiger partial charge in [-0.2, -0.15) is 0 Å². The molecule has 1 N–H and O–H groups in total. The van der Waals surface area contributed by atoms with Crippen LogP contribution in [0.1, 0.15) is 6.92 Å². The summed E-state index contributed by atoms with van der Waals surface area (Å²) >= 11 is 7.65. The SMILES string of the molecule is COCC(C)Nc1nc2cccc(Cl)c2s1. The maximum absolute atomic E-state index is 6.09. The van der Waals surface area contributed by atoms with Gasteiger partial charge in [0.1, 0.15) is 0 Å². The summed E-state index contributed by atoms with van der Waals surface area (Å²) in [6.45, 7) is 2.71. The Hall–Kier alpha value is -0.840. The van der Waals surface area contributed by atoms with E-state index in [2.05, 4.69) is 17.2 Å². The van der Waals surface area contributed by atoms with Crippen LogP contribution in [-0.2, 0) is 4.74 Å². The Morgan fingerprint density at radius 3 is 3.06 bits per heavy atom. The number of aromatic nitrogens is 1. The molecule has 16 heavy (non-hydrogen) atoms. The molecule has 1 atom stereocenters. The van der Waals surface area contributed by atoms with E-state index in [1.165, 1.54) is 0 Å². The van der Waals surface area contributed by atoms with Crippen LogP contribution in [0.15, 0.2) is 18.2 Å². The van der Waals surface area contributed by atoms with Gasteiger partial charge in [0, 0.05) is 13.2 Å². The highest BCUT2D eigenvalue weighted by molar-refractivity contribution is 7.22. The lowest BCUT2D eigenvalue weighted by molar-refractivity contribution is 0.190. The number of methoxy groups -OCH3 is 1. The van der Waals surface area contributed by atoms with Gasteiger partial charge in [-0.1, -0.05) is 29.0 Å². The van der Waals surface area contributed by atoms with Crippen molar-refractivity contribution < 1.29 is 4.74 Å². The largest absolute Gasteiger partial charge is 0.383 e. The van der Waals surface area contributed by atoms with Crippen molar-refractivity contribution in [2.24, 2.45) is 0 Å². The van der Waals surface area contributed by atoms with Crippen LogP contribution < -0.4 is 5.32 Å². The number of nitrogens with zero attached hydrogens (tertiary/aromatic N) is 1. The predicted molar refractivity (Wildman–Crippen MR) is 69.6 cm³/mol. The maximum Gasteiger partial charge on any atom is 0.184 e. The Morgan fingerprint density at radius 1 is 1.56 bits per heavy atom. The van der Waals surface area contributed by atoms with E-state index < -0.39 is 0 Å². The van der Waals surface area contributed by atoms with E-state index in [0.717, 1.165) is 20.4 Å². The molecule has 0 bridgehead atoms. The van der Waals surface area contributed by atoms with Crippen molar-refractivity contribution in [2.45, 2.75) is 13.0 Å². The summed E-state index contributed by atoms with van der Waals surface area (Å²) < 4.78 is 6.09. The van der Waals surface area contributed by atoms with Crippen LogP contribution in [0.5, 0.6) is 0 Å². The number of halogens is 1. The summed E-state index contributed by atoms with van der Waals surface area (Å²) in [6.07, 6.45) is 0. The van der Waals surface area contributed by atoms with Gasteiger partial charge in [-0.25, -0.2) is 4.98 Å². The van der Waals surface area contributed by atoms with Gasteiger partial charge in [-0.15, -0.1) is 0 Å². The topological polar surface area (TPSA) is 34.1 Å². The van der Waals surface area contributed by atoms with E-state index in [1.54, 1.807) is 18.4 Å². The Bertz CT molecular complexity index is 486. The predicted octanol–water partition coefficient (Wildman–Crippen LogP) is 3.40. The molecule has 1 heterocycles. The molecular weight excluding hydrogens is 244 g/mol. The molecule has 0 saturated carbocycles. The molecule has 0 fully saturated rings. The molecule has 1 aromatic heterocycles. The molecular formula is C11H13ClN2OS. The number of ether oxygens (including phenoxy) is 1. The molecule has 86 valence electrons. The fraction of sp³-hybridized carbons (Fsp3) is 0.364. The monoisotopic (exact) mass is 256 g/mol. The standard InChI is InChI=1S/C11H13ClN2OS/c1-7(6-15-2)13-11-14-9-5-3-4-8(12)10(9)16-11/h3-5,7H,6H2,1-2H3,(H,13,14). The number of rotatable bonds is 4. The second-order valence-corrected chi connectivity index (χ2v) is 5.01. The van der Waals surface area contributed by atoms with Crippen molar-refractivity contribution >= 4 is 38.3 Å².